The van der Waals surface area contributed by atoms with Crippen molar-refractivity contribution in [3.05, 3.63) is 29.8 Å². The molecular weight excluding hydrogens is 297 g/mol. The average Bonchev–Trinajstić information content (AvgIpc) is 2.46. The van der Waals surface area contributed by atoms with Crippen LogP contribution in [0, 0.1) is 5.95 Å². The lowest BCUT2D eigenvalue weighted by Gasteiger charge is -2.40. The fraction of sp³-hybridized carbons (Fsp3) is 0.647. The summed E-state index contributed by atoms with van der Waals surface area (Å²) >= 11 is 0. The highest BCUT2D eigenvalue weighted by atomic mass is 19.1. The highest BCUT2D eigenvalue weighted by Gasteiger charge is 2.29. The molecule has 0 radical (unpaired) electrons. The fourth-order valence-electron chi connectivity index (χ4n) is 2.65. The summed E-state index contributed by atoms with van der Waals surface area (Å²) in [4.78, 5) is 19.9. The molecule has 5 nitrogen and oxygen atoms in total. The van der Waals surface area contributed by atoms with Gasteiger partial charge in [0, 0.05) is 38.4 Å². The second-order valence-corrected chi connectivity index (χ2v) is 7.05. The summed E-state index contributed by atoms with van der Waals surface area (Å²) in [5.74, 6) is -0.451. The number of hydrogen-bond acceptors (Lipinski definition) is 4. The standard InChI is InChI=1S/C17H26FN3O2/c1-13-12-21(16(22)23-17(2,3)4)10-9-20(13)8-7-14-5-6-15(18)19-11-14/h5-6,11,13H,7-10,12H2,1-4H3. The van der Waals surface area contributed by atoms with Gasteiger partial charge in [-0.2, -0.15) is 4.39 Å². The minimum Gasteiger partial charge on any atom is -0.444 e. The van der Waals surface area contributed by atoms with E-state index in [0.717, 1.165) is 25.1 Å². The van der Waals surface area contributed by atoms with E-state index in [4.69, 9.17) is 4.74 Å². The van der Waals surface area contributed by atoms with Crippen molar-refractivity contribution >= 4 is 6.09 Å². The Morgan fingerprint density at radius 1 is 1.39 bits per heavy atom. The average molecular weight is 323 g/mol. The van der Waals surface area contributed by atoms with Crippen LogP contribution in [0.1, 0.15) is 33.3 Å². The third kappa shape index (κ3) is 5.46. The van der Waals surface area contributed by atoms with E-state index in [0.29, 0.717) is 13.1 Å². The zero-order valence-electron chi connectivity index (χ0n) is 14.4. The van der Waals surface area contributed by atoms with Crippen molar-refractivity contribution in [3.8, 4) is 0 Å². The van der Waals surface area contributed by atoms with E-state index >= 15 is 0 Å². The second kappa shape index (κ2) is 7.25. The van der Waals surface area contributed by atoms with Crippen LogP contribution in [-0.4, -0.2) is 58.7 Å². The van der Waals surface area contributed by atoms with Crippen LogP contribution < -0.4 is 0 Å². The normalized spacial score (nSPS) is 19.7. The minimum atomic E-state index is -0.465. The third-order valence-electron chi connectivity index (χ3n) is 3.89. The lowest BCUT2D eigenvalue weighted by atomic mass is 10.1. The third-order valence-corrected chi connectivity index (χ3v) is 3.89. The Labute approximate surface area is 137 Å². The molecular formula is C17H26FN3O2. The van der Waals surface area contributed by atoms with Gasteiger partial charge in [0.2, 0.25) is 5.95 Å². The quantitative estimate of drug-likeness (QED) is 0.803. The van der Waals surface area contributed by atoms with E-state index in [2.05, 4.69) is 16.8 Å². The van der Waals surface area contributed by atoms with Crippen LogP contribution in [0.5, 0.6) is 0 Å². The zero-order chi connectivity index (χ0) is 17.0. The molecule has 1 atom stereocenters. The van der Waals surface area contributed by atoms with Crippen molar-refractivity contribution in [2.75, 3.05) is 26.2 Å². The van der Waals surface area contributed by atoms with Gasteiger partial charge < -0.3 is 9.64 Å². The summed E-state index contributed by atoms with van der Waals surface area (Å²) in [6, 6.07) is 3.42. The fourth-order valence-corrected chi connectivity index (χ4v) is 2.65. The predicted octanol–water partition coefficient (Wildman–Crippen LogP) is 2.70. The molecule has 2 heterocycles. The number of ether oxygens (including phenoxy) is 1. The molecule has 1 aromatic rings. The van der Waals surface area contributed by atoms with Crippen molar-refractivity contribution in [3.63, 3.8) is 0 Å². The Morgan fingerprint density at radius 2 is 2.13 bits per heavy atom. The van der Waals surface area contributed by atoms with Gasteiger partial charge in [-0.15, -0.1) is 0 Å². The van der Waals surface area contributed by atoms with E-state index in [1.54, 1.807) is 17.2 Å². The number of carbonyl (C=O) groups is 1. The maximum Gasteiger partial charge on any atom is 0.410 e. The molecule has 2 rings (SSSR count). The summed E-state index contributed by atoms with van der Waals surface area (Å²) < 4.78 is 18.2. The Balaban J connectivity index is 1.82. The van der Waals surface area contributed by atoms with Crippen LogP contribution in [0.2, 0.25) is 0 Å². The van der Waals surface area contributed by atoms with Gasteiger partial charge in [-0.1, -0.05) is 6.07 Å². The van der Waals surface area contributed by atoms with Gasteiger partial charge >= 0.3 is 6.09 Å². The molecule has 1 aromatic heterocycles. The number of carbonyl (C=O) groups excluding carboxylic acids is 1. The number of aromatic nitrogens is 1. The number of amides is 1. The predicted molar refractivity (Wildman–Crippen MR) is 86.7 cm³/mol. The monoisotopic (exact) mass is 323 g/mol. The van der Waals surface area contributed by atoms with Gasteiger partial charge in [-0.3, -0.25) is 4.90 Å². The molecule has 0 bridgehead atoms. The number of rotatable bonds is 3. The van der Waals surface area contributed by atoms with Gasteiger partial charge in [-0.05, 0) is 45.7 Å². The van der Waals surface area contributed by atoms with E-state index in [1.807, 2.05) is 20.8 Å². The van der Waals surface area contributed by atoms with Gasteiger partial charge in [0.15, 0.2) is 0 Å². The van der Waals surface area contributed by atoms with Gasteiger partial charge in [0.1, 0.15) is 5.60 Å². The molecule has 128 valence electrons. The van der Waals surface area contributed by atoms with Crippen LogP contribution in [0.15, 0.2) is 18.3 Å². The molecule has 1 amide bonds. The first-order chi connectivity index (χ1) is 10.7. The molecule has 1 aliphatic heterocycles. The van der Waals surface area contributed by atoms with Crippen molar-refractivity contribution in [1.29, 1.82) is 0 Å². The number of pyridine rings is 1. The summed E-state index contributed by atoms with van der Waals surface area (Å²) in [6.45, 7) is 10.8. The topological polar surface area (TPSA) is 45.7 Å². The molecule has 0 N–H and O–H groups in total. The molecule has 1 saturated heterocycles. The number of piperazine rings is 1. The summed E-state index contributed by atoms with van der Waals surface area (Å²) in [7, 11) is 0. The zero-order valence-corrected chi connectivity index (χ0v) is 14.4. The second-order valence-electron chi connectivity index (χ2n) is 7.05. The van der Waals surface area contributed by atoms with Gasteiger partial charge in [0.05, 0.1) is 0 Å². The first-order valence-corrected chi connectivity index (χ1v) is 8.07. The Morgan fingerprint density at radius 3 is 2.70 bits per heavy atom. The molecule has 1 aliphatic rings. The molecule has 0 spiro atoms. The van der Waals surface area contributed by atoms with Crippen LogP contribution in [-0.2, 0) is 11.2 Å². The molecule has 6 heteroatoms. The number of nitrogens with zero attached hydrogens (tertiary/aromatic N) is 3. The van der Waals surface area contributed by atoms with Crippen molar-refractivity contribution < 1.29 is 13.9 Å². The molecule has 1 unspecified atom stereocenters. The van der Waals surface area contributed by atoms with Crippen LogP contribution in [0.25, 0.3) is 0 Å². The molecule has 1 fully saturated rings. The summed E-state index contributed by atoms with van der Waals surface area (Å²) in [5.41, 5.74) is 0.556. The van der Waals surface area contributed by atoms with Crippen LogP contribution in [0.3, 0.4) is 0 Å². The highest BCUT2D eigenvalue weighted by Crippen LogP contribution is 2.15. The maximum absolute atomic E-state index is 12.8. The highest BCUT2D eigenvalue weighted by molar-refractivity contribution is 5.68. The largest absolute Gasteiger partial charge is 0.444 e. The minimum absolute atomic E-state index is 0.244. The number of halogens is 1. The lowest BCUT2D eigenvalue weighted by molar-refractivity contribution is 0.00598. The summed E-state index contributed by atoms with van der Waals surface area (Å²) in [6.07, 6.45) is 2.16. The molecule has 0 aromatic carbocycles. The van der Waals surface area contributed by atoms with Gasteiger partial charge in [0.25, 0.3) is 0 Å². The Kier molecular flexibility index (Phi) is 5.57. The molecule has 0 saturated carbocycles. The van der Waals surface area contributed by atoms with Crippen molar-refractivity contribution in [2.24, 2.45) is 0 Å². The summed E-state index contributed by atoms with van der Waals surface area (Å²) in [5, 5.41) is 0. The van der Waals surface area contributed by atoms with Gasteiger partial charge in [-0.25, -0.2) is 9.78 Å². The van der Waals surface area contributed by atoms with Crippen LogP contribution >= 0.6 is 0 Å². The Hall–Kier alpha value is -1.69. The van der Waals surface area contributed by atoms with Crippen molar-refractivity contribution in [1.82, 2.24) is 14.8 Å². The lowest BCUT2D eigenvalue weighted by Crippen LogP contribution is -2.54. The Bertz CT molecular complexity index is 528. The van der Waals surface area contributed by atoms with E-state index in [1.165, 1.54) is 6.07 Å². The van der Waals surface area contributed by atoms with Crippen LogP contribution in [0.4, 0.5) is 9.18 Å². The first kappa shape index (κ1) is 17.7. The van der Waals surface area contributed by atoms with E-state index in [-0.39, 0.29) is 12.1 Å². The number of hydrogen-bond donors (Lipinski definition) is 0. The maximum atomic E-state index is 12.8. The van der Waals surface area contributed by atoms with Crippen molar-refractivity contribution in [2.45, 2.75) is 45.8 Å². The first-order valence-electron chi connectivity index (χ1n) is 8.07. The molecule has 23 heavy (non-hydrogen) atoms. The molecule has 0 aliphatic carbocycles. The van der Waals surface area contributed by atoms with E-state index < -0.39 is 11.5 Å². The van der Waals surface area contributed by atoms with E-state index in [9.17, 15) is 9.18 Å². The SMILES string of the molecule is CC1CN(C(=O)OC(C)(C)C)CCN1CCc1ccc(F)nc1. The smallest absolute Gasteiger partial charge is 0.410 e.